The van der Waals surface area contributed by atoms with Crippen molar-refractivity contribution in [3.05, 3.63) is 56.8 Å². The van der Waals surface area contributed by atoms with E-state index in [1.807, 2.05) is 17.5 Å². The molecule has 0 fully saturated rings. The van der Waals surface area contributed by atoms with Crippen LogP contribution in [0.1, 0.15) is 17.3 Å². The van der Waals surface area contributed by atoms with Crippen molar-refractivity contribution >= 4 is 28.7 Å². The summed E-state index contributed by atoms with van der Waals surface area (Å²) in [5, 5.41) is 26.9. The number of aliphatic hydroxyl groups is 1. The van der Waals surface area contributed by atoms with Gasteiger partial charge in [0.05, 0.1) is 11.0 Å². The fourth-order valence-electron chi connectivity index (χ4n) is 1.90. The predicted molar refractivity (Wildman–Crippen MR) is 84.0 cm³/mol. The first kappa shape index (κ1) is 15.9. The summed E-state index contributed by atoms with van der Waals surface area (Å²) in [5.74, 6) is 0. The van der Waals surface area contributed by atoms with Crippen molar-refractivity contribution in [2.24, 2.45) is 0 Å². The number of rotatable bonds is 6. The summed E-state index contributed by atoms with van der Waals surface area (Å²) in [6.07, 6.45) is 0.411. The van der Waals surface area contributed by atoms with Gasteiger partial charge < -0.3 is 15.7 Å². The quantitative estimate of drug-likeness (QED) is 0.562. The second-order valence-corrected chi connectivity index (χ2v) is 5.46. The Balaban J connectivity index is 1.97. The van der Waals surface area contributed by atoms with Crippen molar-refractivity contribution in [3.63, 3.8) is 0 Å². The van der Waals surface area contributed by atoms with Gasteiger partial charge in [-0.05, 0) is 30.0 Å². The minimum atomic E-state index is -0.502. The molecule has 1 aromatic heterocycles. The Morgan fingerprint density at radius 3 is 2.59 bits per heavy atom. The number of non-ortho nitro benzene ring substituents is 1. The number of nitro benzene ring substituents is 1. The smallest absolute Gasteiger partial charge is 0.319 e. The predicted octanol–water partition coefficient (Wildman–Crippen LogP) is 2.90. The molecule has 1 heterocycles. The Bertz CT molecular complexity index is 628. The van der Waals surface area contributed by atoms with Gasteiger partial charge in [0, 0.05) is 29.3 Å². The molecule has 2 aromatic rings. The zero-order valence-electron chi connectivity index (χ0n) is 11.6. The summed E-state index contributed by atoms with van der Waals surface area (Å²) in [5.41, 5.74) is 0.416. The van der Waals surface area contributed by atoms with E-state index >= 15 is 0 Å². The average Bonchev–Trinajstić information content (AvgIpc) is 3.01. The second-order valence-electron chi connectivity index (χ2n) is 4.48. The summed E-state index contributed by atoms with van der Waals surface area (Å²) < 4.78 is 0. The van der Waals surface area contributed by atoms with Gasteiger partial charge in [-0.15, -0.1) is 11.3 Å². The number of carbonyl (C=O) groups is 1. The van der Waals surface area contributed by atoms with Gasteiger partial charge in [0.2, 0.25) is 0 Å². The van der Waals surface area contributed by atoms with Gasteiger partial charge in [-0.2, -0.15) is 0 Å². The lowest BCUT2D eigenvalue weighted by Gasteiger charge is -2.17. The number of nitrogens with zero attached hydrogens (tertiary/aromatic N) is 1. The maximum Gasteiger partial charge on any atom is 0.319 e. The molecule has 1 unspecified atom stereocenters. The van der Waals surface area contributed by atoms with Gasteiger partial charge in [-0.3, -0.25) is 10.1 Å². The molecular weight excluding hydrogens is 306 g/mol. The van der Waals surface area contributed by atoms with Crippen molar-refractivity contribution < 1.29 is 14.8 Å². The Morgan fingerprint density at radius 2 is 2.05 bits per heavy atom. The third kappa shape index (κ3) is 4.27. The average molecular weight is 321 g/mol. The summed E-state index contributed by atoms with van der Waals surface area (Å²) in [7, 11) is 0. The van der Waals surface area contributed by atoms with Crippen molar-refractivity contribution in [1.82, 2.24) is 5.32 Å². The van der Waals surface area contributed by atoms with Gasteiger partial charge in [0.25, 0.3) is 5.69 Å². The molecule has 0 spiro atoms. The normalized spacial score (nSPS) is 11.7. The van der Waals surface area contributed by atoms with E-state index in [1.165, 1.54) is 35.6 Å². The van der Waals surface area contributed by atoms with Crippen LogP contribution in [0.3, 0.4) is 0 Å². The molecule has 3 N–H and O–H groups in total. The third-order valence-electron chi connectivity index (χ3n) is 2.95. The molecule has 1 aromatic carbocycles. The molecule has 0 saturated heterocycles. The van der Waals surface area contributed by atoms with Crippen LogP contribution >= 0.6 is 11.3 Å². The minimum Gasteiger partial charge on any atom is -0.396 e. The van der Waals surface area contributed by atoms with E-state index in [0.29, 0.717) is 12.1 Å². The Kier molecular flexibility index (Phi) is 5.45. The highest BCUT2D eigenvalue weighted by molar-refractivity contribution is 7.10. The molecule has 7 nitrogen and oxygen atoms in total. The SMILES string of the molecule is O=C(Nc1ccc([N+](=O)[O-])cc1)NC(CCO)c1cccs1. The Labute approximate surface area is 130 Å². The number of urea groups is 1. The van der Waals surface area contributed by atoms with Gasteiger partial charge in [0.15, 0.2) is 0 Å². The summed E-state index contributed by atoms with van der Waals surface area (Å²) in [4.78, 5) is 23.0. The zero-order chi connectivity index (χ0) is 15.9. The highest BCUT2D eigenvalue weighted by Crippen LogP contribution is 2.22. The maximum atomic E-state index is 12.0. The van der Waals surface area contributed by atoms with Gasteiger partial charge >= 0.3 is 6.03 Å². The first-order valence-corrected chi connectivity index (χ1v) is 7.44. The number of anilines is 1. The van der Waals surface area contributed by atoms with Crippen molar-refractivity contribution in [1.29, 1.82) is 0 Å². The molecule has 0 bridgehead atoms. The number of hydrogen-bond acceptors (Lipinski definition) is 5. The Morgan fingerprint density at radius 1 is 1.32 bits per heavy atom. The van der Waals surface area contributed by atoms with Gasteiger partial charge in [-0.1, -0.05) is 6.07 Å². The van der Waals surface area contributed by atoms with Crippen LogP contribution in [0.25, 0.3) is 0 Å². The Hall–Kier alpha value is -2.45. The van der Waals surface area contributed by atoms with E-state index in [-0.39, 0.29) is 18.3 Å². The van der Waals surface area contributed by atoms with Crippen LogP contribution in [0, 0.1) is 10.1 Å². The number of aliphatic hydroxyl groups excluding tert-OH is 1. The molecule has 22 heavy (non-hydrogen) atoms. The number of benzene rings is 1. The molecule has 2 rings (SSSR count). The summed E-state index contributed by atoms with van der Waals surface area (Å²) in [6, 6.07) is 8.62. The number of thiophene rings is 1. The number of nitro groups is 1. The lowest BCUT2D eigenvalue weighted by atomic mass is 10.2. The largest absolute Gasteiger partial charge is 0.396 e. The topological polar surface area (TPSA) is 104 Å². The van der Waals surface area contributed by atoms with E-state index in [2.05, 4.69) is 10.6 Å². The first-order chi connectivity index (χ1) is 10.6. The number of amides is 2. The number of nitrogens with one attached hydrogen (secondary N) is 2. The van der Waals surface area contributed by atoms with Crippen LogP contribution in [0.2, 0.25) is 0 Å². The van der Waals surface area contributed by atoms with Crippen molar-refractivity contribution in [3.8, 4) is 0 Å². The monoisotopic (exact) mass is 321 g/mol. The molecule has 0 aliphatic rings. The highest BCUT2D eigenvalue weighted by atomic mass is 32.1. The van der Waals surface area contributed by atoms with Crippen LogP contribution in [0.15, 0.2) is 41.8 Å². The summed E-state index contributed by atoms with van der Waals surface area (Å²) >= 11 is 1.50. The fourth-order valence-corrected chi connectivity index (χ4v) is 2.71. The van der Waals surface area contributed by atoms with Crippen LogP contribution in [0.5, 0.6) is 0 Å². The molecule has 0 radical (unpaired) electrons. The van der Waals surface area contributed by atoms with Crippen molar-refractivity contribution in [2.45, 2.75) is 12.5 Å². The van der Waals surface area contributed by atoms with E-state index in [4.69, 9.17) is 5.11 Å². The molecule has 116 valence electrons. The molecule has 0 aliphatic heterocycles. The van der Waals surface area contributed by atoms with E-state index in [0.717, 1.165) is 4.88 Å². The lowest BCUT2D eigenvalue weighted by molar-refractivity contribution is -0.384. The lowest BCUT2D eigenvalue weighted by Crippen LogP contribution is -2.32. The van der Waals surface area contributed by atoms with Crippen LogP contribution < -0.4 is 10.6 Å². The molecule has 1 atom stereocenters. The number of carbonyl (C=O) groups excluding carboxylic acids is 1. The molecule has 2 amide bonds. The fraction of sp³-hybridized carbons (Fsp3) is 0.214. The van der Waals surface area contributed by atoms with Gasteiger partial charge in [0.1, 0.15) is 0 Å². The second kappa shape index (κ2) is 7.53. The van der Waals surface area contributed by atoms with E-state index < -0.39 is 11.0 Å². The highest BCUT2D eigenvalue weighted by Gasteiger charge is 2.15. The summed E-state index contributed by atoms with van der Waals surface area (Å²) in [6.45, 7) is -0.0413. The van der Waals surface area contributed by atoms with Crippen LogP contribution in [-0.4, -0.2) is 22.7 Å². The zero-order valence-corrected chi connectivity index (χ0v) is 12.4. The van der Waals surface area contributed by atoms with Crippen LogP contribution in [-0.2, 0) is 0 Å². The van der Waals surface area contributed by atoms with Crippen LogP contribution in [0.4, 0.5) is 16.2 Å². The molecule has 8 heteroatoms. The number of hydrogen-bond donors (Lipinski definition) is 3. The molecule has 0 aliphatic carbocycles. The molecular formula is C14H15N3O4S. The third-order valence-corrected chi connectivity index (χ3v) is 3.93. The van der Waals surface area contributed by atoms with Gasteiger partial charge in [-0.25, -0.2) is 4.79 Å². The standard InChI is InChI=1S/C14H15N3O4S/c18-8-7-12(13-2-1-9-22-13)16-14(19)15-10-3-5-11(6-4-10)17(20)21/h1-6,9,12,18H,7-8H2,(H2,15,16,19). The van der Waals surface area contributed by atoms with Crippen molar-refractivity contribution in [2.75, 3.05) is 11.9 Å². The maximum absolute atomic E-state index is 12.0. The van der Waals surface area contributed by atoms with E-state index in [9.17, 15) is 14.9 Å². The van der Waals surface area contributed by atoms with E-state index in [1.54, 1.807) is 0 Å². The molecule has 0 saturated carbocycles. The first-order valence-electron chi connectivity index (χ1n) is 6.56. The minimum absolute atomic E-state index is 0.0392.